The van der Waals surface area contributed by atoms with Crippen molar-refractivity contribution < 1.29 is 4.74 Å². The Kier molecular flexibility index (Phi) is 6.33. The molecule has 2 rings (SSSR count). The van der Waals surface area contributed by atoms with Gasteiger partial charge in [-0.2, -0.15) is 0 Å². The minimum absolute atomic E-state index is 0.289. The third-order valence-electron chi connectivity index (χ3n) is 3.99. The highest BCUT2D eigenvalue weighted by atomic mass is 79.9. The van der Waals surface area contributed by atoms with Gasteiger partial charge in [-0.05, 0) is 58.1 Å². The van der Waals surface area contributed by atoms with Gasteiger partial charge in [-0.1, -0.05) is 22.4 Å². The number of hydrogen-bond acceptors (Lipinski definition) is 3. The van der Waals surface area contributed by atoms with E-state index >= 15 is 0 Å². The van der Waals surface area contributed by atoms with Crippen molar-refractivity contribution in [3.63, 3.8) is 0 Å². The lowest BCUT2D eigenvalue weighted by atomic mass is 10.1. The van der Waals surface area contributed by atoms with E-state index in [1.165, 1.54) is 37.9 Å². The number of nitrogens with zero attached hydrogens (tertiary/aromatic N) is 1. The van der Waals surface area contributed by atoms with Crippen molar-refractivity contribution in [1.82, 2.24) is 10.2 Å². The van der Waals surface area contributed by atoms with Crippen LogP contribution in [0.5, 0.6) is 5.75 Å². The molecule has 0 aromatic heterocycles. The van der Waals surface area contributed by atoms with E-state index in [-0.39, 0.29) is 6.04 Å². The Bertz CT molecular complexity index is 419. The van der Waals surface area contributed by atoms with Gasteiger partial charge >= 0.3 is 0 Å². The van der Waals surface area contributed by atoms with Gasteiger partial charge in [0.25, 0.3) is 0 Å². The number of ether oxygens (including phenoxy) is 1. The molecule has 1 heterocycles. The first-order chi connectivity index (χ1) is 9.70. The Hall–Kier alpha value is -0.580. The van der Waals surface area contributed by atoms with E-state index in [1.807, 2.05) is 13.1 Å². The summed E-state index contributed by atoms with van der Waals surface area (Å²) in [4.78, 5) is 2.50. The molecule has 4 heteroatoms. The lowest BCUT2D eigenvalue weighted by Crippen LogP contribution is -2.33. The summed E-state index contributed by atoms with van der Waals surface area (Å²) >= 11 is 3.53. The van der Waals surface area contributed by atoms with Crippen LogP contribution in [-0.2, 0) is 0 Å². The fraction of sp³-hybridized carbons (Fsp3) is 0.625. The zero-order valence-electron chi connectivity index (χ0n) is 12.5. The number of halogens is 1. The summed E-state index contributed by atoms with van der Waals surface area (Å²) in [5.74, 6) is 0.993. The third-order valence-corrected chi connectivity index (χ3v) is 4.48. The summed E-state index contributed by atoms with van der Waals surface area (Å²) in [6.45, 7) is 6.40. The second-order valence-corrected chi connectivity index (χ2v) is 6.36. The topological polar surface area (TPSA) is 24.5 Å². The molecule has 1 aromatic rings. The van der Waals surface area contributed by atoms with Crippen molar-refractivity contribution in [1.29, 1.82) is 0 Å². The third kappa shape index (κ3) is 4.47. The van der Waals surface area contributed by atoms with Crippen molar-refractivity contribution >= 4 is 15.9 Å². The van der Waals surface area contributed by atoms with E-state index in [0.29, 0.717) is 0 Å². The van der Waals surface area contributed by atoms with Crippen molar-refractivity contribution in [2.24, 2.45) is 0 Å². The van der Waals surface area contributed by atoms with Crippen LogP contribution in [0.25, 0.3) is 0 Å². The summed E-state index contributed by atoms with van der Waals surface area (Å²) in [7, 11) is 1.98. The summed E-state index contributed by atoms with van der Waals surface area (Å²) in [6.07, 6.45) is 4.05. The molecule has 0 aliphatic carbocycles. The molecular formula is C16H25BrN2O. The second-order valence-electron chi connectivity index (χ2n) is 5.44. The standard InChI is InChI=1S/C16H25BrN2O/c1-13(18-2)15-12-14(17)6-7-16(15)20-11-10-19-8-4-3-5-9-19/h6-7,12-13,18H,3-5,8-11H2,1-2H3. The van der Waals surface area contributed by atoms with E-state index in [1.54, 1.807) is 0 Å². The van der Waals surface area contributed by atoms with Gasteiger partial charge in [-0.15, -0.1) is 0 Å². The predicted molar refractivity (Wildman–Crippen MR) is 87.4 cm³/mol. The monoisotopic (exact) mass is 340 g/mol. The normalized spacial score (nSPS) is 17.9. The first-order valence-corrected chi connectivity index (χ1v) is 8.32. The van der Waals surface area contributed by atoms with Gasteiger partial charge in [0, 0.05) is 22.6 Å². The second kappa shape index (κ2) is 8.01. The predicted octanol–water partition coefficient (Wildman–Crippen LogP) is 3.59. The van der Waals surface area contributed by atoms with Crippen LogP contribution < -0.4 is 10.1 Å². The number of benzene rings is 1. The summed E-state index contributed by atoms with van der Waals surface area (Å²) < 4.78 is 7.11. The molecule has 0 spiro atoms. The molecule has 1 aliphatic heterocycles. The fourth-order valence-electron chi connectivity index (χ4n) is 2.61. The number of nitrogens with one attached hydrogen (secondary N) is 1. The van der Waals surface area contributed by atoms with Gasteiger partial charge in [0.2, 0.25) is 0 Å². The highest BCUT2D eigenvalue weighted by Crippen LogP contribution is 2.28. The SMILES string of the molecule is CNC(C)c1cc(Br)ccc1OCCN1CCCCC1. The van der Waals surface area contributed by atoms with Crippen molar-refractivity contribution in [2.45, 2.75) is 32.2 Å². The molecule has 1 aliphatic rings. The molecule has 1 N–H and O–H groups in total. The van der Waals surface area contributed by atoms with Gasteiger partial charge in [0.15, 0.2) is 0 Å². The Morgan fingerprint density at radius 3 is 2.75 bits per heavy atom. The molecule has 1 atom stereocenters. The Balaban J connectivity index is 1.91. The maximum Gasteiger partial charge on any atom is 0.124 e. The minimum atomic E-state index is 0.289. The average Bonchev–Trinajstić information content (AvgIpc) is 2.49. The van der Waals surface area contributed by atoms with E-state index in [4.69, 9.17) is 4.74 Å². The van der Waals surface area contributed by atoms with E-state index < -0.39 is 0 Å². The van der Waals surface area contributed by atoms with E-state index in [9.17, 15) is 0 Å². The van der Waals surface area contributed by atoms with Gasteiger partial charge in [0.1, 0.15) is 12.4 Å². The van der Waals surface area contributed by atoms with Gasteiger partial charge in [-0.3, -0.25) is 4.90 Å². The van der Waals surface area contributed by atoms with Crippen molar-refractivity contribution in [2.75, 3.05) is 33.3 Å². The Labute approximate surface area is 130 Å². The first kappa shape index (κ1) is 15.8. The number of hydrogen-bond donors (Lipinski definition) is 1. The molecule has 0 amide bonds. The highest BCUT2D eigenvalue weighted by Gasteiger charge is 2.13. The number of rotatable bonds is 6. The lowest BCUT2D eigenvalue weighted by Gasteiger charge is -2.26. The number of piperidine rings is 1. The maximum atomic E-state index is 6.02. The Morgan fingerprint density at radius 1 is 1.30 bits per heavy atom. The van der Waals surface area contributed by atoms with Crippen LogP contribution in [0.2, 0.25) is 0 Å². The molecule has 20 heavy (non-hydrogen) atoms. The van der Waals surface area contributed by atoms with Gasteiger partial charge in [-0.25, -0.2) is 0 Å². The highest BCUT2D eigenvalue weighted by molar-refractivity contribution is 9.10. The molecule has 3 nitrogen and oxygen atoms in total. The van der Waals surface area contributed by atoms with Crippen LogP contribution in [0.3, 0.4) is 0 Å². The van der Waals surface area contributed by atoms with Crippen LogP contribution in [0, 0.1) is 0 Å². The molecule has 0 saturated carbocycles. The minimum Gasteiger partial charge on any atom is -0.492 e. The fourth-order valence-corrected chi connectivity index (χ4v) is 2.99. The van der Waals surface area contributed by atoms with Gasteiger partial charge < -0.3 is 10.1 Å². The van der Waals surface area contributed by atoms with E-state index in [2.05, 4.69) is 45.2 Å². The van der Waals surface area contributed by atoms with Crippen molar-refractivity contribution in [3.8, 4) is 5.75 Å². The van der Waals surface area contributed by atoms with E-state index in [0.717, 1.165) is 23.4 Å². The summed E-state index contributed by atoms with van der Waals surface area (Å²) in [6, 6.07) is 6.53. The smallest absolute Gasteiger partial charge is 0.124 e. The largest absolute Gasteiger partial charge is 0.492 e. The van der Waals surface area contributed by atoms with Crippen LogP contribution in [-0.4, -0.2) is 38.2 Å². The summed E-state index contributed by atoms with van der Waals surface area (Å²) in [5, 5.41) is 3.28. The quantitative estimate of drug-likeness (QED) is 0.856. The summed E-state index contributed by atoms with van der Waals surface area (Å²) in [5.41, 5.74) is 1.21. The molecular weight excluding hydrogens is 316 g/mol. The lowest BCUT2D eigenvalue weighted by molar-refractivity contribution is 0.182. The van der Waals surface area contributed by atoms with Crippen LogP contribution >= 0.6 is 15.9 Å². The van der Waals surface area contributed by atoms with Crippen molar-refractivity contribution in [3.05, 3.63) is 28.2 Å². The molecule has 1 saturated heterocycles. The first-order valence-electron chi connectivity index (χ1n) is 7.52. The van der Waals surface area contributed by atoms with Crippen LogP contribution in [0.15, 0.2) is 22.7 Å². The molecule has 0 radical (unpaired) electrons. The number of likely N-dealkylation sites (tertiary alicyclic amines) is 1. The zero-order valence-corrected chi connectivity index (χ0v) is 14.1. The van der Waals surface area contributed by atoms with Gasteiger partial charge in [0.05, 0.1) is 0 Å². The van der Waals surface area contributed by atoms with Crippen LogP contribution in [0.4, 0.5) is 0 Å². The molecule has 1 fully saturated rings. The Morgan fingerprint density at radius 2 is 2.05 bits per heavy atom. The molecule has 1 aromatic carbocycles. The molecule has 112 valence electrons. The zero-order chi connectivity index (χ0) is 14.4. The molecule has 1 unspecified atom stereocenters. The maximum absolute atomic E-state index is 6.02. The average molecular weight is 341 g/mol. The van der Waals surface area contributed by atoms with Crippen LogP contribution in [0.1, 0.15) is 37.8 Å². The molecule has 0 bridgehead atoms.